The first-order chi connectivity index (χ1) is 9.03. The molecule has 0 atom stereocenters. The molecule has 0 radical (unpaired) electrons. The highest BCUT2D eigenvalue weighted by Gasteiger charge is 2.20. The van der Waals surface area contributed by atoms with Crippen LogP contribution in [-0.4, -0.2) is 8.42 Å². The summed E-state index contributed by atoms with van der Waals surface area (Å²) in [5.41, 5.74) is 2.47. The van der Waals surface area contributed by atoms with Crippen LogP contribution in [0.1, 0.15) is 11.1 Å². The van der Waals surface area contributed by atoms with E-state index in [2.05, 4.69) is 0 Å². The molecule has 100 valence electrons. The first kappa shape index (κ1) is 14.1. The second-order valence-electron chi connectivity index (χ2n) is 4.31. The van der Waals surface area contributed by atoms with Gasteiger partial charge in [-0.1, -0.05) is 35.9 Å². The normalized spacial score (nSPS) is 11.5. The minimum Gasteiger partial charge on any atom is -0.204 e. The van der Waals surface area contributed by atoms with Crippen LogP contribution in [-0.2, 0) is 15.9 Å². The van der Waals surface area contributed by atoms with E-state index >= 15 is 0 Å². The standard InChI is InChI=1S/C14H14ClNO2S/c1-11-6-8-13(9-7-11)19(17,18)16-14-5-3-2-4-12(14)10-15/h2-9,16H,10H2,1H3/p+1. The van der Waals surface area contributed by atoms with Crippen molar-refractivity contribution in [3.8, 4) is 0 Å². The average Bonchev–Trinajstić information content (AvgIpc) is 2.39. The molecule has 2 aromatic carbocycles. The molecule has 2 N–H and O–H groups in total. The summed E-state index contributed by atoms with van der Waals surface area (Å²) in [5, 5.41) is 0. The molecule has 5 heteroatoms. The first-order valence-corrected chi connectivity index (χ1v) is 7.91. The van der Waals surface area contributed by atoms with Crippen LogP contribution in [0, 0.1) is 6.92 Å². The maximum atomic E-state index is 12.3. The number of aryl methyl sites for hydroxylation is 1. The van der Waals surface area contributed by atoms with E-state index in [1.54, 1.807) is 36.4 Å². The smallest absolute Gasteiger partial charge is 0.204 e. The number of sulfonamides is 1. The van der Waals surface area contributed by atoms with E-state index in [9.17, 15) is 8.42 Å². The van der Waals surface area contributed by atoms with Gasteiger partial charge in [-0.25, -0.2) is 4.72 Å². The molecule has 0 saturated heterocycles. The lowest BCUT2D eigenvalue weighted by Crippen LogP contribution is -2.81. The molecule has 0 amide bonds. The van der Waals surface area contributed by atoms with Crippen LogP contribution in [0.5, 0.6) is 0 Å². The molecule has 0 aromatic heterocycles. The molecule has 0 saturated carbocycles. The highest BCUT2D eigenvalue weighted by molar-refractivity contribution is 7.85. The number of rotatable bonds is 4. The van der Waals surface area contributed by atoms with Gasteiger partial charge in [-0.05, 0) is 19.1 Å². The zero-order valence-electron chi connectivity index (χ0n) is 10.5. The van der Waals surface area contributed by atoms with Gasteiger partial charge in [-0.15, -0.1) is 11.6 Å². The van der Waals surface area contributed by atoms with Crippen molar-refractivity contribution < 1.29 is 13.1 Å². The summed E-state index contributed by atoms with van der Waals surface area (Å²) >= 11 is 5.81. The van der Waals surface area contributed by atoms with E-state index in [0.717, 1.165) is 11.1 Å². The van der Waals surface area contributed by atoms with Crippen molar-refractivity contribution in [2.24, 2.45) is 0 Å². The average molecular weight is 297 g/mol. The number of halogens is 1. The van der Waals surface area contributed by atoms with Gasteiger partial charge < -0.3 is 0 Å². The van der Waals surface area contributed by atoms with Crippen molar-refractivity contribution in [3.63, 3.8) is 0 Å². The van der Waals surface area contributed by atoms with Crippen LogP contribution in [0.4, 0.5) is 5.69 Å². The Balaban J connectivity index is 2.34. The predicted molar refractivity (Wildman–Crippen MR) is 75.9 cm³/mol. The number of quaternary nitrogens is 1. The van der Waals surface area contributed by atoms with Crippen LogP contribution in [0.2, 0.25) is 0 Å². The first-order valence-electron chi connectivity index (χ1n) is 5.83. The third kappa shape index (κ3) is 3.35. The van der Waals surface area contributed by atoms with Gasteiger partial charge in [-0.2, -0.15) is 8.42 Å². The molecule has 19 heavy (non-hydrogen) atoms. The summed E-state index contributed by atoms with van der Waals surface area (Å²) in [5.74, 6) is 0.288. The highest BCUT2D eigenvalue weighted by atomic mass is 35.5. The predicted octanol–water partition coefficient (Wildman–Crippen LogP) is 2.32. The SMILES string of the molecule is Cc1ccc(S(=O)(=O)[NH2+]c2ccccc2CCl)cc1. The van der Waals surface area contributed by atoms with E-state index in [0.29, 0.717) is 10.6 Å². The summed E-state index contributed by atoms with van der Waals surface area (Å²) in [4.78, 5) is 0.294. The number of nitrogens with two attached hydrogens (primary N) is 1. The number of benzene rings is 2. The number of alkyl halides is 1. The number of hydrogen-bond donors (Lipinski definition) is 1. The quantitative estimate of drug-likeness (QED) is 0.695. The second-order valence-corrected chi connectivity index (χ2v) is 6.37. The summed E-state index contributed by atoms with van der Waals surface area (Å²) in [6.45, 7) is 1.92. The van der Waals surface area contributed by atoms with E-state index in [-0.39, 0.29) is 5.88 Å². The van der Waals surface area contributed by atoms with Crippen LogP contribution < -0.4 is 4.72 Å². The minimum absolute atomic E-state index is 0.288. The largest absolute Gasteiger partial charge is 0.328 e. The monoisotopic (exact) mass is 296 g/mol. The lowest BCUT2D eigenvalue weighted by atomic mass is 10.2. The maximum Gasteiger partial charge on any atom is 0.328 e. The Morgan fingerprint density at radius 3 is 2.32 bits per heavy atom. The van der Waals surface area contributed by atoms with Crippen molar-refractivity contribution in [1.29, 1.82) is 0 Å². The molecule has 0 bridgehead atoms. The maximum absolute atomic E-state index is 12.3. The van der Waals surface area contributed by atoms with Gasteiger partial charge in [0.1, 0.15) is 10.6 Å². The molecule has 2 rings (SSSR count). The summed E-state index contributed by atoms with van der Waals surface area (Å²) in [6.07, 6.45) is 0. The van der Waals surface area contributed by atoms with E-state index in [4.69, 9.17) is 11.6 Å². The van der Waals surface area contributed by atoms with Crippen LogP contribution >= 0.6 is 11.6 Å². The molecular formula is C14H15ClNO2S+. The fourth-order valence-corrected chi connectivity index (χ4v) is 3.19. The fraction of sp³-hybridized carbons (Fsp3) is 0.143. The van der Waals surface area contributed by atoms with Crippen molar-refractivity contribution in [1.82, 2.24) is 0 Å². The highest BCUT2D eigenvalue weighted by Crippen LogP contribution is 2.14. The lowest BCUT2D eigenvalue weighted by Gasteiger charge is -2.06. The number of primary sulfonamides is 1. The van der Waals surface area contributed by atoms with E-state index in [1.807, 2.05) is 19.1 Å². The summed E-state index contributed by atoms with van der Waals surface area (Å²) in [7, 11) is -3.45. The molecule has 3 nitrogen and oxygen atoms in total. The Kier molecular flexibility index (Phi) is 4.24. The van der Waals surface area contributed by atoms with Crippen molar-refractivity contribution in [2.75, 3.05) is 0 Å². The Bertz CT molecular complexity index is 666. The molecule has 0 unspecified atom stereocenters. The fourth-order valence-electron chi connectivity index (χ4n) is 1.73. The second kappa shape index (κ2) is 5.74. The molecule has 0 heterocycles. The van der Waals surface area contributed by atoms with Gasteiger partial charge in [-0.3, -0.25) is 0 Å². The zero-order chi connectivity index (χ0) is 13.9. The van der Waals surface area contributed by atoms with E-state index < -0.39 is 10.0 Å². The van der Waals surface area contributed by atoms with Gasteiger partial charge >= 0.3 is 10.0 Å². The van der Waals surface area contributed by atoms with Gasteiger partial charge in [0.15, 0.2) is 0 Å². The molecule has 0 spiro atoms. The van der Waals surface area contributed by atoms with Crippen LogP contribution in [0.3, 0.4) is 0 Å². The van der Waals surface area contributed by atoms with E-state index in [1.165, 1.54) is 4.72 Å². The molecule has 0 aliphatic carbocycles. The van der Waals surface area contributed by atoms with Crippen LogP contribution in [0.15, 0.2) is 53.4 Å². The zero-order valence-corrected chi connectivity index (χ0v) is 12.1. The Morgan fingerprint density at radius 2 is 1.68 bits per heavy atom. The summed E-state index contributed by atoms with van der Waals surface area (Å²) < 4.78 is 25.8. The van der Waals surface area contributed by atoms with Crippen LogP contribution in [0.25, 0.3) is 0 Å². The van der Waals surface area contributed by atoms with Gasteiger partial charge in [0, 0.05) is 11.6 Å². The topological polar surface area (TPSA) is 50.8 Å². The Hall–Kier alpha value is -1.36. The van der Waals surface area contributed by atoms with Gasteiger partial charge in [0.2, 0.25) is 0 Å². The van der Waals surface area contributed by atoms with Gasteiger partial charge in [0.05, 0.1) is 5.88 Å². The lowest BCUT2D eigenvalue weighted by molar-refractivity contribution is -0.398. The van der Waals surface area contributed by atoms with Crippen molar-refractivity contribution >= 4 is 27.3 Å². The minimum atomic E-state index is -3.45. The van der Waals surface area contributed by atoms with Crippen molar-refractivity contribution in [2.45, 2.75) is 17.7 Å². The van der Waals surface area contributed by atoms with Gasteiger partial charge in [0.25, 0.3) is 0 Å². The Morgan fingerprint density at radius 1 is 1.05 bits per heavy atom. The molecular weight excluding hydrogens is 282 g/mol. The third-order valence-electron chi connectivity index (χ3n) is 2.83. The van der Waals surface area contributed by atoms with Crippen molar-refractivity contribution in [3.05, 3.63) is 59.7 Å². The molecule has 0 aliphatic rings. The molecule has 0 aliphatic heterocycles. The molecule has 0 fully saturated rings. The summed E-state index contributed by atoms with van der Waals surface area (Å²) in [6, 6.07) is 14.0. The molecule has 2 aromatic rings. The number of hydrogen-bond acceptors (Lipinski definition) is 2. The Labute approximate surface area is 118 Å². The third-order valence-corrected chi connectivity index (χ3v) is 4.61.